The monoisotopic (exact) mass is 268 g/mol. The summed E-state index contributed by atoms with van der Waals surface area (Å²) in [6, 6.07) is 12.5. The maximum atomic E-state index is 4.53. The summed E-state index contributed by atoms with van der Waals surface area (Å²) in [6.07, 6.45) is 8.21. The fourth-order valence-corrected chi connectivity index (χ4v) is 2.60. The maximum absolute atomic E-state index is 4.53. The Labute approximate surface area is 119 Å². The second-order valence-electron chi connectivity index (χ2n) is 5.24. The van der Waals surface area contributed by atoms with Crippen molar-refractivity contribution in [1.82, 2.24) is 9.97 Å². The molecule has 1 aliphatic carbocycles. The molecule has 1 aromatic carbocycles. The largest absolute Gasteiger partial charge is 0.351 e. The third-order valence-corrected chi connectivity index (χ3v) is 3.64. The highest BCUT2D eigenvalue weighted by atomic mass is 15.1. The van der Waals surface area contributed by atoms with Crippen molar-refractivity contribution in [1.29, 1.82) is 0 Å². The second kappa shape index (κ2) is 6.37. The van der Waals surface area contributed by atoms with Crippen LogP contribution in [-0.4, -0.2) is 16.0 Å². The first kappa shape index (κ1) is 12.9. The number of hydrogen-bond acceptors (Lipinski definition) is 4. The van der Waals surface area contributed by atoms with Crippen LogP contribution < -0.4 is 10.6 Å². The van der Waals surface area contributed by atoms with E-state index in [0.717, 1.165) is 17.5 Å². The molecule has 0 unspecified atom stereocenters. The van der Waals surface area contributed by atoms with E-state index >= 15 is 0 Å². The van der Waals surface area contributed by atoms with Gasteiger partial charge in [0.2, 0.25) is 5.95 Å². The van der Waals surface area contributed by atoms with Crippen molar-refractivity contribution < 1.29 is 0 Å². The lowest BCUT2D eigenvalue weighted by Gasteiger charge is -2.22. The van der Waals surface area contributed by atoms with Crippen molar-refractivity contribution >= 4 is 17.5 Å². The Kier molecular flexibility index (Phi) is 4.11. The molecule has 104 valence electrons. The Morgan fingerprint density at radius 3 is 2.55 bits per heavy atom. The summed E-state index contributed by atoms with van der Waals surface area (Å²) in [6.45, 7) is 0. The van der Waals surface area contributed by atoms with E-state index in [0.29, 0.717) is 6.04 Å². The number of benzene rings is 1. The van der Waals surface area contributed by atoms with Gasteiger partial charge in [-0.15, -0.1) is 0 Å². The molecule has 0 spiro atoms. The van der Waals surface area contributed by atoms with Crippen molar-refractivity contribution in [2.75, 3.05) is 10.6 Å². The summed E-state index contributed by atoms with van der Waals surface area (Å²) in [7, 11) is 0. The quantitative estimate of drug-likeness (QED) is 0.881. The Morgan fingerprint density at radius 1 is 0.950 bits per heavy atom. The molecule has 3 rings (SSSR count). The molecule has 1 heterocycles. The van der Waals surface area contributed by atoms with Crippen LogP contribution in [0.5, 0.6) is 0 Å². The Bertz CT molecular complexity index is 535. The smallest absolute Gasteiger partial charge is 0.224 e. The van der Waals surface area contributed by atoms with Gasteiger partial charge in [-0.25, -0.2) is 4.98 Å². The Balaban J connectivity index is 1.66. The lowest BCUT2D eigenvalue weighted by molar-refractivity contribution is 0.461. The maximum Gasteiger partial charge on any atom is 0.224 e. The molecular formula is C16H20N4. The lowest BCUT2D eigenvalue weighted by atomic mass is 9.96. The minimum absolute atomic E-state index is 0.524. The van der Waals surface area contributed by atoms with E-state index in [9.17, 15) is 0 Å². The number of para-hydroxylation sites is 1. The number of anilines is 3. The summed E-state index contributed by atoms with van der Waals surface area (Å²) in [5.74, 6) is 1.54. The van der Waals surface area contributed by atoms with Gasteiger partial charge >= 0.3 is 0 Å². The predicted molar refractivity (Wildman–Crippen MR) is 82.3 cm³/mol. The van der Waals surface area contributed by atoms with E-state index in [2.05, 4.69) is 20.6 Å². The molecule has 2 N–H and O–H groups in total. The number of nitrogens with one attached hydrogen (secondary N) is 2. The molecule has 4 heteroatoms. The van der Waals surface area contributed by atoms with Gasteiger partial charge in [0, 0.05) is 17.9 Å². The summed E-state index contributed by atoms with van der Waals surface area (Å²) >= 11 is 0. The van der Waals surface area contributed by atoms with Gasteiger partial charge in [0.1, 0.15) is 5.82 Å². The second-order valence-corrected chi connectivity index (χ2v) is 5.24. The molecule has 2 aromatic rings. The molecule has 0 radical (unpaired) electrons. The molecule has 20 heavy (non-hydrogen) atoms. The zero-order chi connectivity index (χ0) is 13.6. The summed E-state index contributed by atoms with van der Waals surface area (Å²) in [5.41, 5.74) is 1.04. The van der Waals surface area contributed by atoms with Gasteiger partial charge in [-0.2, -0.15) is 4.98 Å². The highest BCUT2D eigenvalue weighted by molar-refractivity contribution is 5.56. The molecule has 0 bridgehead atoms. The van der Waals surface area contributed by atoms with Crippen LogP contribution in [0.1, 0.15) is 32.1 Å². The average molecular weight is 268 g/mol. The van der Waals surface area contributed by atoms with Crippen molar-refractivity contribution in [3.63, 3.8) is 0 Å². The summed E-state index contributed by atoms with van der Waals surface area (Å²) in [5, 5.41) is 6.74. The van der Waals surface area contributed by atoms with Gasteiger partial charge in [0.05, 0.1) is 0 Å². The van der Waals surface area contributed by atoms with Crippen molar-refractivity contribution in [3.05, 3.63) is 42.6 Å². The first-order valence-electron chi connectivity index (χ1n) is 7.32. The van der Waals surface area contributed by atoms with Crippen LogP contribution in [0.2, 0.25) is 0 Å². The van der Waals surface area contributed by atoms with E-state index in [-0.39, 0.29) is 0 Å². The van der Waals surface area contributed by atoms with Crippen LogP contribution in [-0.2, 0) is 0 Å². The predicted octanol–water partition coefficient (Wildman–Crippen LogP) is 3.96. The lowest BCUT2D eigenvalue weighted by Crippen LogP contribution is -2.23. The highest BCUT2D eigenvalue weighted by Crippen LogP contribution is 2.21. The van der Waals surface area contributed by atoms with Gasteiger partial charge in [-0.3, -0.25) is 0 Å². The molecule has 0 aliphatic heterocycles. The normalized spacial score (nSPS) is 15.8. The van der Waals surface area contributed by atoms with Gasteiger partial charge in [-0.05, 0) is 31.0 Å². The SMILES string of the molecule is c1ccc(Nc2ccnc(NC3CCCCC3)n2)cc1. The third kappa shape index (κ3) is 3.47. The van der Waals surface area contributed by atoms with Crippen molar-refractivity contribution in [2.45, 2.75) is 38.1 Å². The van der Waals surface area contributed by atoms with Crippen LogP contribution >= 0.6 is 0 Å². The molecule has 1 aromatic heterocycles. The number of hydrogen-bond donors (Lipinski definition) is 2. The topological polar surface area (TPSA) is 49.8 Å². The fraction of sp³-hybridized carbons (Fsp3) is 0.375. The van der Waals surface area contributed by atoms with Crippen molar-refractivity contribution in [2.24, 2.45) is 0 Å². The Hall–Kier alpha value is -2.10. The fourth-order valence-electron chi connectivity index (χ4n) is 2.60. The number of rotatable bonds is 4. The first-order valence-corrected chi connectivity index (χ1v) is 7.32. The zero-order valence-electron chi connectivity index (χ0n) is 11.5. The molecule has 1 saturated carbocycles. The standard InChI is InChI=1S/C16H20N4/c1-3-7-13(8-4-1)18-15-11-12-17-16(20-15)19-14-9-5-2-6-10-14/h1,3-4,7-8,11-12,14H,2,5-6,9-10H2,(H2,17,18,19,20). The van der Waals surface area contributed by atoms with E-state index in [1.165, 1.54) is 32.1 Å². The molecule has 1 fully saturated rings. The highest BCUT2D eigenvalue weighted by Gasteiger charge is 2.14. The van der Waals surface area contributed by atoms with E-state index in [1.807, 2.05) is 36.4 Å². The van der Waals surface area contributed by atoms with Gasteiger partial charge < -0.3 is 10.6 Å². The van der Waals surface area contributed by atoms with Gasteiger partial charge in [-0.1, -0.05) is 37.5 Å². The summed E-state index contributed by atoms with van der Waals surface area (Å²) in [4.78, 5) is 8.84. The third-order valence-electron chi connectivity index (χ3n) is 3.64. The van der Waals surface area contributed by atoms with Crippen LogP contribution in [0.4, 0.5) is 17.5 Å². The molecule has 0 atom stereocenters. The van der Waals surface area contributed by atoms with E-state index < -0.39 is 0 Å². The summed E-state index contributed by atoms with van der Waals surface area (Å²) < 4.78 is 0. The molecule has 0 amide bonds. The first-order chi connectivity index (χ1) is 9.90. The van der Waals surface area contributed by atoms with Crippen LogP contribution in [0, 0.1) is 0 Å². The average Bonchev–Trinajstić information content (AvgIpc) is 2.50. The molecular weight excluding hydrogens is 248 g/mol. The zero-order valence-corrected chi connectivity index (χ0v) is 11.5. The Morgan fingerprint density at radius 2 is 1.75 bits per heavy atom. The van der Waals surface area contributed by atoms with E-state index in [1.54, 1.807) is 6.20 Å². The van der Waals surface area contributed by atoms with Gasteiger partial charge in [0.25, 0.3) is 0 Å². The van der Waals surface area contributed by atoms with Crippen LogP contribution in [0.15, 0.2) is 42.6 Å². The minimum atomic E-state index is 0.524. The molecule has 4 nitrogen and oxygen atoms in total. The minimum Gasteiger partial charge on any atom is -0.351 e. The van der Waals surface area contributed by atoms with Crippen molar-refractivity contribution in [3.8, 4) is 0 Å². The van der Waals surface area contributed by atoms with Crippen LogP contribution in [0.25, 0.3) is 0 Å². The number of nitrogens with zero attached hydrogens (tertiary/aromatic N) is 2. The molecule has 1 aliphatic rings. The number of aromatic nitrogens is 2. The van der Waals surface area contributed by atoms with E-state index in [4.69, 9.17) is 0 Å². The van der Waals surface area contributed by atoms with Gasteiger partial charge in [0.15, 0.2) is 0 Å². The van der Waals surface area contributed by atoms with Crippen LogP contribution in [0.3, 0.4) is 0 Å². The molecule has 0 saturated heterocycles.